The van der Waals surface area contributed by atoms with E-state index in [4.69, 9.17) is 16.6 Å². The first-order valence-corrected chi connectivity index (χ1v) is 8.19. The molecule has 0 saturated carbocycles. The second kappa shape index (κ2) is 6.23. The van der Waals surface area contributed by atoms with E-state index in [1.165, 1.54) is 18.2 Å². The second-order valence-electron chi connectivity index (χ2n) is 4.80. The highest BCUT2D eigenvalue weighted by Crippen LogP contribution is 2.39. The van der Waals surface area contributed by atoms with Gasteiger partial charge in [-0.15, -0.1) is 0 Å². The fourth-order valence-corrected chi connectivity index (χ4v) is 3.39. The first-order chi connectivity index (χ1) is 10.8. The summed E-state index contributed by atoms with van der Waals surface area (Å²) in [4.78, 5) is 10.3. The van der Waals surface area contributed by atoms with Gasteiger partial charge in [0.1, 0.15) is 5.69 Å². The molecule has 0 aromatic heterocycles. The molecule has 0 atom stereocenters. The summed E-state index contributed by atoms with van der Waals surface area (Å²) in [6, 6.07) is 8.91. The van der Waals surface area contributed by atoms with Crippen LogP contribution < -0.4 is 11.5 Å². The summed E-state index contributed by atoms with van der Waals surface area (Å²) >= 11 is 0. The van der Waals surface area contributed by atoms with E-state index in [0.717, 1.165) is 0 Å². The van der Waals surface area contributed by atoms with Crippen molar-refractivity contribution < 1.29 is 18.4 Å². The molecule has 0 heterocycles. The van der Waals surface area contributed by atoms with Crippen molar-refractivity contribution in [1.82, 2.24) is 0 Å². The van der Waals surface area contributed by atoms with Crippen LogP contribution >= 0.6 is 0 Å². The van der Waals surface area contributed by atoms with Crippen molar-refractivity contribution in [2.24, 2.45) is 0 Å². The smallest absolute Gasteiger partial charge is 0.301 e. The first-order valence-electron chi connectivity index (χ1n) is 6.54. The molecule has 0 bridgehead atoms. The molecule has 0 aliphatic heterocycles. The van der Waals surface area contributed by atoms with Gasteiger partial charge in [0.15, 0.2) is 9.84 Å². The SMILES string of the molecule is Nc1cccc(-c2ccc(S(=O)(=O)CCO)c(N)c2[N+](=O)[O-])c1. The van der Waals surface area contributed by atoms with Crippen molar-refractivity contribution in [3.63, 3.8) is 0 Å². The molecule has 0 unspecified atom stereocenters. The molecule has 2 aromatic rings. The summed E-state index contributed by atoms with van der Waals surface area (Å²) in [5, 5.41) is 20.2. The molecule has 23 heavy (non-hydrogen) atoms. The maximum Gasteiger partial charge on any atom is 0.301 e. The molecule has 0 aliphatic rings. The summed E-state index contributed by atoms with van der Waals surface area (Å²) in [5.41, 5.74) is 11.5. The highest BCUT2D eigenvalue weighted by atomic mass is 32.2. The molecule has 2 rings (SSSR count). The van der Waals surface area contributed by atoms with E-state index < -0.39 is 38.5 Å². The molecule has 0 fully saturated rings. The van der Waals surface area contributed by atoms with Crippen LogP contribution in [0.3, 0.4) is 0 Å². The lowest BCUT2D eigenvalue weighted by atomic mass is 10.0. The van der Waals surface area contributed by atoms with Gasteiger partial charge in [-0.05, 0) is 29.8 Å². The zero-order valence-corrected chi connectivity index (χ0v) is 12.8. The highest BCUT2D eigenvalue weighted by molar-refractivity contribution is 7.91. The number of nitrogens with zero attached hydrogens (tertiary/aromatic N) is 1. The summed E-state index contributed by atoms with van der Waals surface area (Å²) in [6.07, 6.45) is 0. The molecule has 0 radical (unpaired) electrons. The Balaban J connectivity index is 2.73. The van der Waals surface area contributed by atoms with Gasteiger partial charge in [-0.25, -0.2) is 8.42 Å². The van der Waals surface area contributed by atoms with Crippen LogP contribution in [0.15, 0.2) is 41.3 Å². The normalized spacial score (nSPS) is 11.3. The molecule has 0 saturated heterocycles. The minimum atomic E-state index is -3.91. The Hall–Kier alpha value is -2.65. The quantitative estimate of drug-likeness (QED) is 0.421. The molecule has 0 aliphatic carbocycles. The standard InChI is InChI=1S/C14H15N3O5S/c15-10-3-1-2-9(8-10)11-4-5-12(23(21,22)7-6-18)13(16)14(11)17(19)20/h1-5,8,18H,6-7,15-16H2. The summed E-state index contributed by atoms with van der Waals surface area (Å²) in [7, 11) is -3.91. The van der Waals surface area contributed by atoms with Crippen molar-refractivity contribution in [2.75, 3.05) is 23.8 Å². The molecule has 9 heteroatoms. The average molecular weight is 337 g/mol. The maximum absolute atomic E-state index is 12.0. The Morgan fingerprint density at radius 2 is 1.87 bits per heavy atom. The number of nitro groups is 1. The molecule has 0 amide bonds. The number of nitrogens with two attached hydrogens (primary N) is 2. The monoisotopic (exact) mass is 337 g/mol. The number of rotatable bonds is 5. The summed E-state index contributed by atoms with van der Waals surface area (Å²) in [6.45, 7) is -0.605. The van der Waals surface area contributed by atoms with Gasteiger partial charge in [0.25, 0.3) is 0 Å². The first kappa shape index (κ1) is 16.7. The number of aliphatic hydroxyl groups is 1. The fourth-order valence-electron chi connectivity index (χ4n) is 2.23. The second-order valence-corrected chi connectivity index (χ2v) is 6.88. The number of anilines is 2. The third-order valence-corrected chi connectivity index (χ3v) is 5.00. The third-order valence-electron chi connectivity index (χ3n) is 3.25. The number of benzene rings is 2. The summed E-state index contributed by atoms with van der Waals surface area (Å²) < 4.78 is 24.1. The number of hydrogen-bond acceptors (Lipinski definition) is 7. The van der Waals surface area contributed by atoms with Gasteiger partial charge in [-0.1, -0.05) is 12.1 Å². The third kappa shape index (κ3) is 3.25. The number of nitro benzene ring substituents is 1. The lowest BCUT2D eigenvalue weighted by Gasteiger charge is -2.11. The van der Waals surface area contributed by atoms with Crippen molar-refractivity contribution in [3.8, 4) is 11.1 Å². The Morgan fingerprint density at radius 1 is 1.17 bits per heavy atom. The van der Waals surface area contributed by atoms with E-state index in [2.05, 4.69) is 0 Å². The average Bonchev–Trinajstić information content (AvgIpc) is 2.46. The van der Waals surface area contributed by atoms with Crippen LogP contribution in [0, 0.1) is 10.1 Å². The number of nitrogen functional groups attached to an aromatic ring is 2. The topological polar surface area (TPSA) is 150 Å². The van der Waals surface area contributed by atoms with E-state index in [0.29, 0.717) is 11.3 Å². The van der Waals surface area contributed by atoms with E-state index in [-0.39, 0.29) is 10.5 Å². The van der Waals surface area contributed by atoms with Crippen LogP contribution in [-0.2, 0) is 9.84 Å². The van der Waals surface area contributed by atoms with Crippen LogP contribution in [0.25, 0.3) is 11.1 Å². The molecule has 8 nitrogen and oxygen atoms in total. The van der Waals surface area contributed by atoms with Gasteiger partial charge in [0.05, 0.1) is 27.7 Å². The Labute approximate surface area is 132 Å². The van der Waals surface area contributed by atoms with Crippen LogP contribution in [-0.4, -0.2) is 30.8 Å². The van der Waals surface area contributed by atoms with Crippen LogP contribution in [0.5, 0.6) is 0 Å². The minimum absolute atomic E-state index is 0.169. The molecular formula is C14H15N3O5S. The maximum atomic E-state index is 12.0. The largest absolute Gasteiger partial charge is 0.399 e. The minimum Gasteiger partial charge on any atom is -0.399 e. The van der Waals surface area contributed by atoms with E-state index in [1.54, 1.807) is 18.2 Å². The zero-order chi connectivity index (χ0) is 17.2. The molecule has 122 valence electrons. The van der Waals surface area contributed by atoms with Gasteiger partial charge < -0.3 is 16.6 Å². The molecular weight excluding hydrogens is 322 g/mol. The van der Waals surface area contributed by atoms with Crippen LogP contribution in [0.1, 0.15) is 0 Å². The van der Waals surface area contributed by atoms with E-state index in [9.17, 15) is 18.5 Å². The van der Waals surface area contributed by atoms with Crippen LogP contribution in [0.2, 0.25) is 0 Å². The zero-order valence-electron chi connectivity index (χ0n) is 12.0. The van der Waals surface area contributed by atoms with Gasteiger partial charge >= 0.3 is 5.69 Å². The molecule has 2 aromatic carbocycles. The lowest BCUT2D eigenvalue weighted by molar-refractivity contribution is -0.383. The molecule has 0 spiro atoms. The Kier molecular flexibility index (Phi) is 4.52. The van der Waals surface area contributed by atoms with Gasteiger partial charge in [0.2, 0.25) is 0 Å². The Bertz CT molecular complexity index is 865. The van der Waals surface area contributed by atoms with Crippen molar-refractivity contribution in [3.05, 3.63) is 46.5 Å². The number of aliphatic hydroxyl groups excluding tert-OH is 1. The number of sulfone groups is 1. The van der Waals surface area contributed by atoms with Crippen molar-refractivity contribution >= 4 is 26.9 Å². The summed E-state index contributed by atoms with van der Waals surface area (Å²) in [5.74, 6) is -0.564. The van der Waals surface area contributed by atoms with Gasteiger partial charge in [-0.3, -0.25) is 10.1 Å². The van der Waals surface area contributed by atoms with Crippen molar-refractivity contribution in [2.45, 2.75) is 4.90 Å². The number of hydrogen-bond donors (Lipinski definition) is 3. The Morgan fingerprint density at radius 3 is 2.43 bits per heavy atom. The van der Waals surface area contributed by atoms with Crippen LogP contribution in [0.4, 0.5) is 17.1 Å². The predicted octanol–water partition coefficient (Wildman–Crippen LogP) is 1.19. The van der Waals surface area contributed by atoms with E-state index in [1.807, 2.05) is 0 Å². The molecule has 5 N–H and O–H groups in total. The lowest BCUT2D eigenvalue weighted by Crippen LogP contribution is -2.13. The predicted molar refractivity (Wildman–Crippen MR) is 86.5 cm³/mol. The van der Waals surface area contributed by atoms with Gasteiger partial charge in [0, 0.05) is 5.69 Å². The fraction of sp³-hybridized carbons (Fsp3) is 0.143. The van der Waals surface area contributed by atoms with Crippen molar-refractivity contribution in [1.29, 1.82) is 0 Å². The van der Waals surface area contributed by atoms with Gasteiger partial charge in [-0.2, -0.15) is 0 Å². The highest BCUT2D eigenvalue weighted by Gasteiger charge is 2.27. The van der Waals surface area contributed by atoms with E-state index >= 15 is 0 Å².